The first-order valence-corrected chi connectivity index (χ1v) is 7.93. The fourth-order valence-corrected chi connectivity index (χ4v) is 4.24. The highest BCUT2D eigenvalue weighted by Crippen LogP contribution is 2.59. The molecule has 5 heteroatoms. The lowest BCUT2D eigenvalue weighted by atomic mass is 9.75. The number of Topliss-reactive ketones (excluding diaryl/α,β-unsaturated/α-hetero) is 1. The normalized spacial score (nSPS) is 41.0. The van der Waals surface area contributed by atoms with Crippen LogP contribution in [0.1, 0.15) is 40.0 Å². The predicted molar refractivity (Wildman–Crippen MR) is 73.1 cm³/mol. The monoisotopic (exact) mass is 294 g/mol. The van der Waals surface area contributed by atoms with Crippen molar-refractivity contribution >= 4 is 17.7 Å². The molecule has 116 valence electrons. The Morgan fingerprint density at radius 1 is 1.33 bits per heavy atom. The third-order valence-corrected chi connectivity index (χ3v) is 5.53. The summed E-state index contributed by atoms with van der Waals surface area (Å²) in [5.41, 5.74) is 0. The minimum Gasteiger partial charge on any atom is -0.458 e. The molecule has 3 fully saturated rings. The molecule has 1 saturated heterocycles. The quantitative estimate of drug-likeness (QED) is 0.722. The molecule has 3 rings (SSSR count). The summed E-state index contributed by atoms with van der Waals surface area (Å²) in [5, 5.41) is 0. The highest BCUT2D eigenvalue weighted by Gasteiger charge is 2.69. The van der Waals surface area contributed by atoms with Crippen LogP contribution < -0.4 is 0 Å². The van der Waals surface area contributed by atoms with Crippen LogP contribution in [0, 0.1) is 29.6 Å². The average molecular weight is 294 g/mol. The fourth-order valence-electron chi connectivity index (χ4n) is 4.24. The first kappa shape index (κ1) is 14.5. The lowest BCUT2D eigenvalue weighted by molar-refractivity contribution is -0.166. The van der Waals surface area contributed by atoms with Gasteiger partial charge in [0.25, 0.3) is 0 Å². The molecule has 7 atom stereocenters. The molecule has 21 heavy (non-hydrogen) atoms. The summed E-state index contributed by atoms with van der Waals surface area (Å²) in [7, 11) is 0. The number of rotatable bonds is 5. The number of hydrogen-bond donors (Lipinski definition) is 0. The van der Waals surface area contributed by atoms with Crippen LogP contribution in [0.5, 0.6) is 0 Å². The predicted octanol–water partition coefficient (Wildman–Crippen LogP) is 1.73. The van der Waals surface area contributed by atoms with Gasteiger partial charge in [-0.3, -0.25) is 14.4 Å². The molecule has 0 N–H and O–H groups in total. The first-order chi connectivity index (χ1) is 9.99. The summed E-state index contributed by atoms with van der Waals surface area (Å²) in [6.45, 7) is 5.57. The average Bonchev–Trinajstić information content (AvgIpc) is 3.08. The lowest BCUT2D eigenvalue weighted by Crippen LogP contribution is -2.43. The number of hydrogen-bond acceptors (Lipinski definition) is 5. The first-order valence-electron chi connectivity index (χ1n) is 7.93. The molecule has 0 aromatic carbocycles. The van der Waals surface area contributed by atoms with E-state index in [1.165, 1.54) is 0 Å². The van der Waals surface area contributed by atoms with Crippen LogP contribution in [-0.4, -0.2) is 29.9 Å². The van der Waals surface area contributed by atoms with Gasteiger partial charge >= 0.3 is 11.9 Å². The molecule has 7 unspecified atom stereocenters. The van der Waals surface area contributed by atoms with E-state index in [-0.39, 0.29) is 53.4 Å². The third-order valence-electron chi connectivity index (χ3n) is 5.53. The minimum atomic E-state index is -0.431. The van der Waals surface area contributed by atoms with Crippen LogP contribution in [0.25, 0.3) is 0 Å². The van der Waals surface area contributed by atoms with Crippen LogP contribution in [0.2, 0.25) is 0 Å². The summed E-state index contributed by atoms with van der Waals surface area (Å²) in [6, 6.07) is 0. The number of carbonyl (C=O) groups excluding carboxylic acids is 3. The highest BCUT2D eigenvalue weighted by molar-refractivity contribution is 5.90. The summed E-state index contributed by atoms with van der Waals surface area (Å²) >= 11 is 0. The molecular weight excluding hydrogens is 272 g/mol. The summed E-state index contributed by atoms with van der Waals surface area (Å²) in [6.07, 6.45) is 1.12. The molecule has 3 aliphatic rings. The standard InChI is InChI=1S/C16H22O5/c1-4-7(3)15(18)20-13-8-6-9-12(11(8)10(17)5-2)16(19)21-14(9)13/h7-9,11-14H,4-6H2,1-3H3. The Balaban J connectivity index is 1.82. The topological polar surface area (TPSA) is 69.7 Å². The lowest BCUT2D eigenvalue weighted by Gasteiger charge is -2.31. The Labute approximate surface area is 124 Å². The van der Waals surface area contributed by atoms with E-state index < -0.39 is 6.10 Å². The van der Waals surface area contributed by atoms with Crippen molar-refractivity contribution in [3.8, 4) is 0 Å². The van der Waals surface area contributed by atoms with Gasteiger partial charge in [0.15, 0.2) is 0 Å². The van der Waals surface area contributed by atoms with Crippen LogP contribution in [0.15, 0.2) is 0 Å². The smallest absolute Gasteiger partial charge is 0.310 e. The zero-order valence-corrected chi connectivity index (χ0v) is 12.7. The van der Waals surface area contributed by atoms with Gasteiger partial charge in [0.2, 0.25) is 0 Å². The van der Waals surface area contributed by atoms with E-state index in [1.807, 2.05) is 20.8 Å². The van der Waals surface area contributed by atoms with Crippen LogP contribution in [-0.2, 0) is 23.9 Å². The Hall–Kier alpha value is -1.39. The van der Waals surface area contributed by atoms with Gasteiger partial charge in [-0.25, -0.2) is 0 Å². The number of ketones is 1. The summed E-state index contributed by atoms with van der Waals surface area (Å²) < 4.78 is 11.1. The second-order valence-electron chi connectivity index (χ2n) is 6.55. The molecule has 2 saturated carbocycles. The van der Waals surface area contributed by atoms with Gasteiger partial charge in [-0.15, -0.1) is 0 Å². The van der Waals surface area contributed by atoms with E-state index in [1.54, 1.807) is 0 Å². The van der Waals surface area contributed by atoms with Crippen LogP contribution >= 0.6 is 0 Å². The van der Waals surface area contributed by atoms with E-state index in [0.717, 1.165) is 6.42 Å². The van der Waals surface area contributed by atoms with Gasteiger partial charge in [0.05, 0.1) is 11.8 Å². The maximum Gasteiger partial charge on any atom is 0.310 e. The second kappa shape index (κ2) is 5.11. The molecule has 1 heterocycles. The summed E-state index contributed by atoms with van der Waals surface area (Å²) in [5.74, 6) is -1.22. The maximum absolute atomic E-state index is 12.2. The molecule has 0 spiro atoms. The molecule has 2 bridgehead atoms. The minimum absolute atomic E-state index is 0.0445. The Morgan fingerprint density at radius 3 is 2.67 bits per heavy atom. The molecule has 0 amide bonds. The molecule has 0 aromatic heterocycles. The SMILES string of the molecule is CCC(=O)C1C2CC3C(OC(=O)C31)C2OC(=O)C(C)CC. The van der Waals surface area contributed by atoms with E-state index in [0.29, 0.717) is 12.8 Å². The fraction of sp³-hybridized carbons (Fsp3) is 0.812. The van der Waals surface area contributed by atoms with E-state index in [9.17, 15) is 14.4 Å². The van der Waals surface area contributed by atoms with E-state index in [2.05, 4.69) is 0 Å². The van der Waals surface area contributed by atoms with Gasteiger partial charge in [0.1, 0.15) is 18.0 Å². The van der Waals surface area contributed by atoms with E-state index in [4.69, 9.17) is 9.47 Å². The van der Waals surface area contributed by atoms with Crippen molar-refractivity contribution in [3.05, 3.63) is 0 Å². The zero-order valence-electron chi connectivity index (χ0n) is 12.7. The molecule has 0 aromatic rings. The molecule has 2 aliphatic carbocycles. The van der Waals surface area contributed by atoms with Crippen LogP contribution in [0.4, 0.5) is 0 Å². The van der Waals surface area contributed by atoms with E-state index >= 15 is 0 Å². The van der Waals surface area contributed by atoms with Crippen molar-refractivity contribution in [3.63, 3.8) is 0 Å². The van der Waals surface area contributed by atoms with Crippen molar-refractivity contribution in [2.75, 3.05) is 0 Å². The Kier molecular flexibility index (Phi) is 3.54. The van der Waals surface area contributed by atoms with Crippen molar-refractivity contribution in [1.82, 2.24) is 0 Å². The maximum atomic E-state index is 12.2. The molecular formula is C16H22O5. The van der Waals surface area contributed by atoms with Crippen molar-refractivity contribution in [2.24, 2.45) is 29.6 Å². The van der Waals surface area contributed by atoms with Gasteiger partial charge in [-0.05, 0) is 12.8 Å². The van der Waals surface area contributed by atoms with Gasteiger partial charge in [0, 0.05) is 24.2 Å². The van der Waals surface area contributed by atoms with Crippen molar-refractivity contribution in [2.45, 2.75) is 52.2 Å². The number of fused-ring (bicyclic) bond motifs is 1. The van der Waals surface area contributed by atoms with Crippen LogP contribution in [0.3, 0.4) is 0 Å². The number of ether oxygens (including phenoxy) is 2. The Morgan fingerprint density at radius 2 is 2.05 bits per heavy atom. The Bertz CT molecular complexity index is 485. The summed E-state index contributed by atoms with van der Waals surface area (Å²) in [4.78, 5) is 36.3. The third kappa shape index (κ3) is 2.00. The van der Waals surface area contributed by atoms with Crippen molar-refractivity contribution in [1.29, 1.82) is 0 Å². The number of carbonyl (C=O) groups is 3. The molecule has 5 nitrogen and oxygen atoms in total. The van der Waals surface area contributed by atoms with Crippen molar-refractivity contribution < 1.29 is 23.9 Å². The van der Waals surface area contributed by atoms with Gasteiger partial charge in [-0.2, -0.15) is 0 Å². The number of esters is 2. The largest absolute Gasteiger partial charge is 0.458 e. The molecule has 0 radical (unpaired) electrons. The zero-order chi connectivity index (χ0) is 15.3. The van der Waals surface area contributed by atoms with Gasteiger partial charge in [-0.1, -0.05) is 20.8 Å². The second-order valence-corrected chi connectivity index (χ2v) is 6.55. The van der Waals surface area contributed by atoms with Gasteiger partial charge < -0.3 is 9.47 Å². The molecule has 1 aliphatic heterocycles. The highest BCUT2D eigenvalue weighted by atomic mass is 16.6.